The smallest absolute Gasteiger partial charge is 0.306 e. The maximum Gasteiger partial charge on any atom is 0.306 e. The first-order valence-electron chi connectivity index (χ1n) is 35.4. The summed E-state index contributed by atoms with van der Waals surface area (Å²) in [6.07, 6.45) is 97.4. The minimum absolute atomic E-state index is 0.0985. The number of rotatable bonds is 64. The van der Waals surface area contributed by atoms with Gasteiger partial charge in [-0.05, 0) is 103 Å². The van der Waals surface area contributed by atoms with Gasteiger partial charge in [0, 0.05) is 19.3 Å². The second kappa shape index (κ2) is 70.6. The Kier molecular flexibility index (Phi) is 67.2. The molecule has 6 heteroatoms. The van der Waals surface area contributed by atoms with E-state index in [9.17, 15) is 14.4 Å². The summed E-state index contributed by atoms with van der Waals surface area (Å²) in [6.45, 7) is 6.45. The summed E-state index contributed by atoms with van der Waals surface area (Å²) < 4.78 is 16.8. The molecule has 0 aliphatic rings. The molecule has 0 aliphatic carbocycles. The lowest BCUT2D eigenvalue weighted by molar-refractivity contribution is -0.167. The van der Waals surface area contributed by atoms with Gasteiger partial charge in [-0.15, -0.1) is 0 Å². The standard InChI is InChI=1S/C77H132O6/c1-4-7-10-13-16-18-20-22-24-26-28-30-32-33-34-35-36-37-38-39-40-41-42-43-45-46-48-50-52-54-56-58-61-64-67-70-76(79)82-73-74(72-81-75(78)69-66-63-60-15-12-9-6-3)83-77(80)71-68-65-62-59-57-55-53-51-49-47-44-31-29-27-25-23-21-19-17-14-11-8-5-2/h8,11,17,19-20,22-23,25-26,28-29,31,47,49,53,55,59,62,74H,4-7,9-10,12-16,18,21,24,27,30,32-46,48,50-52,54,56-58,60-61,63-73H2,1-3H3/b11-8-,19-17-,22-20-,25-23-,28-26-,31-29-,49-47-,55-53-,62-59-. The molecule has 0 N–H and O–H groups in total. The third-order valence-corrected chi connectivity index (χ3v) is 15.3. The number of ether oxygens (including phenoxy) is 3. The summed E-state index contributed by atoms with van der Waals surface area (Å²) in [6, 6.07) is 0. The summed E-state index contributed by atoms with van der Waals surface area (Å²) in [5.41, 5.74) is 0. The summed E-state index contributed by atoms with van der Waals surface area (Å²) >= 11 is 0. The average Bonchev–Trinajstić information content (AvgIpc) is 3.50. The molecule has 0 bridgehead atoms. The molecule has 1 unspecified atom stereocenters. The van der Waals surface area contributed by atoms with E-state index in [1.807, 2.05) is 0 Å². The number of unbranched alkanes of at least 4 members (excludes halogenated alkanes) is 35. The van der Waals surface area contributed by atoms with Crippen molar-refractivity contribution in [3.63, 3.8) is 0 Å². The molecule has 0 amide bonds. The van der Waals surface area contributed by atoms with E-state index in [1.165, 1.54) is 199 Å². The third-order valence-electron chi connectivity index (χ3n) is 15.3. The number of esters is 3. The van der Waals surface area contributed by atoms with Gasteiger partial charge in [0.25, 0.3) is 0 Å². The summed E-state index contributed by atoms with van der Waals surface area (Å²) in [7, 11) is 0. The lowest BCUT2D eigenvalue weighted by atomic mass is 10.0. The number of hydrogen-bond donors (Lipinski definition) is 0. The van der Waals surface area contributed by atoms with Crippen LogP contribution in [0.2, 0.25) is 0 Å². The van der Waals surface area contributed by atoms with Gasteiger partial charge in [0.1, 0.15) is 13.2 Å². The zero-order chi connectivity index (χ0) is 59.9. The number of allylic oxidation sites excluding steroid dienone is 18. The molecular weight excluding hydrogens is 1020 g/mol. The fraction of sp³-hybridized carbons (Fsp3) is 0.727. The van der Waals surface area contributed by atoms with Crippen molar-refractivity contribution in [2.75, 3.05) is 13.2 Å². The molecule has 0 rings (SSSR count). The predicted octanol–water partition coefficient (Wildman–Crippen LogP) is 24.6. The van der Waals surface area contributed by atoms with Crippen molar-refractivity contribution in [3.05, 3.63) is 109 Å². The lowest BCUT2D eigenvalue weighted by Gasteiger charge is -2.18. The Morgan fingerprint density at radius 1 is 0.253 bits per heavy atom. The van der Waals surface area contributed by atoms with Gasteiger partial charge in [-0.2, -0.15) is 0 Å². The molecule has 0 spiro atoms. The summed E-state index contributed by atoms with van der Waals surface area (Å²) in [5, 5.41) is 0. The van der Waals surface area contributed by atoms with Crippen LogP contribution in [0.25, 0.3) is 0 Å². The average molecular weight is 1150 g/mol. The predicted molar refractivity (Wildman–Crippen MR) is 362 cm³/mol. The van der Waals surface area contributed by atoms with Gasteiger partial charge >= 0.3 is 17.9 Å². The largest absolute Gasteiger partial charge is 0.462 e. The molecule has 476 valence electrons. The quantitative estimate of drug-likeness (QED) is 0.0261. The molecule has 1 atom stereocenters. The van der Waals surface area contributed by atoms with Crippen LogP contribution >= 0.6 is 0 Å². The lowest BCUT2D eigenvalue weighted by Crippen LogP contribution is -2.30. The highest BCUT2D eigenvalue weighted by Gasteiger charge is 2.19. The molecule has 0 aromatic heterocycles. The van der Waals surface area contributed by atoms with Crippen LogP contribution in [0.3, 0.4) is 0 Å². The molecule has 83 heavy (non-hydrogen) atoms. The van der Waals surface area contributed by atoms with Gasteiger partial charge in [-0.25, -0.2) is 0 Å². The highest BCUT2D eigenvalue weighted by atomic mass is 16.6. The van der Waals surface area contributed by atoms with E-state index in [4.69, 9.17) is 14.2 Å². The maximum absolute atomic E-state index is 12.9. The monoisotopic (exact) mass is 1150 g/mol. The topological polar surface area (TPSA) is 78.9 Å². The van der Waals surface area contributed by atoms with Gasteiger partial charge in [0.15, 0.2) is 6.10 Å². The molecule has 0 saturated carbocycles. The van der Waals surface area contributed by atoms with Crippen molar-refractivity contribution in [1.82, 2.24) is 0 Å². The molecule has 0 fully saturated rings. The Hall–Kier alpha value is -3.93. The Morgan fingerprint density at radius 2 is 0.482 bits per heavy atom. The van der Waals surface area contributed by atoms with Crippen LogP contribution in [-0.4, -0.2) is 37.2 Å². The van der Waals surface area contributed by atoms with Gasteiger partial charge in [0.2, 0.25) is 0 Å². The van der Waals surface area contributed by atoms with Crippen LogP contribution in [-0.2, 0) is 28.6 Å². The molecule has 0 aromatic rings. The zero-order valence-electron chi connectivity index (χ0n) is 54.7. The van der Waals surface area contributed by atoms with Crippen molar-refractivity contribution >= 4 is 17.9 Å². The Morgan fingerprint density at radius 3 is 0.771 bits per heavy atom. The molecular formula is C77H132O6. The van der Waals surface area contributed by atoms with E-state index in [0.29, 0.717) is 19.3 Å². The van der Waals surface area contributed by atoms with Crippen molar-refractivity contribution in [1.29, 1.82) is 0 Å². The molecule has 0 aromatic carbocycles. The second-order valence-corrected chi connectivity index (χ2v) is 23.4. The van der Waals surface area contributed by atoms with Gasteiger partial charge in [-0.3, -0.25) is 14.4 Å². The summed E-state index contributed by atoms with van der Waals surface area (Å²) in [5.74, 6) is -0.955. The molecule has 0 aliphatic heterocycles. The Balaban J connectivity index is 4.07. The van der Waals surface area contributed by atoms with Crippen LogP contribution in [0.4, 0.5) is 0 Å². The third kappa shape index (κ3) is 68.7. The Labute approximate surface area is 514 Å². The molecule has 6 nitrogen and oxygen atoms in total. The summed E-state index contributed by atoms with van der Waals surface area (Å²) in [4.78, 5) is 38.1. The van der Waals surface area contributed by atoms with Gasteiger partial charge in [0.05, 0.1) is 0 Å². The van der Waals surface area contributed by atoms with E-state index < -0.39 is 6.10 Å². The van der Waals surface area contributed by atoms with Gasteiger partial charge < -0.3 is 14.2 Å². The van der Waals surface area contributed by atoms with E-state index in [-0.39, 0.29) is 37.5 Å². The highest BCUT2D eigenvalue weighted by molar-refractivity contribution is 5.71. The SMILES string of the molecule is CC/C=C\C/C=C\C/C=C\C/C=C\C/C=C\C/C=C\C/C=C\CCCC(=O)OC(COC(=O)CCCCCCCCC)COC(=O)CCCCCCCCCCCCCCCCCCCCCCCCC/C=C\C/C=C\CCCCCCC. The highest BCUT2D eigenvalue weighted by Crippen LogP contribution is 2.17. The number of carbonyl (C=O) groups excluding carboxylic acids is 3. The number of carbonyl (C=O) groups is 3. The fourth-order valence-corrected chi connectivity index (χ4v) is 9.99. The van der Waals surface area contributed by atoms with Crippen molar-refractivity contribution < 1.29 is 28.6 Å². The van der Waals surface area contributed by atoms with E-state index >= 15 is 0 Å². The molecule has 0 radical (unpaired) electrons. The van der Waals surface area contributed by atoms with E-state index in [2.05, 4.69) is 130 Å². The van der Waals surface area contributed by atoms with Crippen LogP contribution in [0.15, 0.2) is 109 Å². The van der Waals surface area contributed by atoms with E-state index in [1.54, 1.807) is 0 Å². The van der Waals surface area contributed by atoms with Crippen molar-refractivity contribution in [2.45, 2.75) is 348 Å². The zero-order valence-corrected chi connectivity index (χ0v) is 54.7. The first-order chi connectivity index (χ1) is 41.0. The molecule has 0 heterocycles. The first-order valence-corrected chi connectivity index (χ1v) is 35.4. The fourth-order valence-electron chi connectivity index (χ4n) is 9.99. The van der Waals surface area contributed by atoms with Crippen LogP contribution in [0, 0.1) is 0 Å². The Bertz CT molecular complexity index is 1660. The minimum atomic E-state index is -0.807. The van der Waals surface area contributed by atoms with Crippen LogP contribution in [0.1, 0.15) is 342 Å². The van der Waals surface area contributed by atoms with Gasteiger partial charge in [-0.1, -0.05) is 329 Å². The first kappa shape index (κ1) is 79.1. The van der Waals surface area contributed by atoms with Crippen molar-refractivity contribution in [2.24, 2.45) is 0 Å². The molecule has 0 saturated heterocycles. The minimum Gasteiger partial charge on any atom is -0.462 e. The second-order valence-electron chi connectivity index (χ2n) is 23.4. The van der Waals surface area contributed by atoms with Crippen LogP contribution < -0.4 is 0 Å². The maximum atomic E-state index is 12.9. The van der Waals surface area contributed by atoms with Crippen molar-refractivity contribution in [3.8, 4) is 0 Å². The van der Waals surface area contributed by atoms with Crippen LogP contribution in [0.5, 0.6) is 0 Å². The van der Waals surface area contributed by atoms with E-state index in [0.717, 1.165) is 96.3 Å². The normalized spacial score (nSPS) is 12.8. The number of hydrogen-bond acceptors (Lipinski definition) is 6.